The second-order valence-corrected chi connectivity index (χ2v) is 6.41. The van der Waals surface area contributed by atoms with Crippen LogP contribution in [0, 0.1) is 0 Å². The Kier molecular flexibility index (Phi) is 4.17. The zero-order valence-electron chi connectivity index (χ0n) is 13.6. The number of benzene rings is 1. The fourth-order valence-corrected chi connectivity index (χ4v) is 3.40. The van der Waals surface area contributed by atoms with Gasteiger partial charge in [-0.1, -0.05) is 29.8 Å². The molecule has 0 radical (unpaired) electrons. The summed E-state index contributed by atoms with van der Waals surface area (Å²) in [6, 6.07) is 9.77. The lowest BCUT2D eigenvalue weighted by Crippen LogP contribution is -2.21. The normalized spacial score (nSPS) is 14.5. The van der Waals surface area contributed by atoms with Crippen LogP contribution < -0.4 is 10.9 Å². The second kappa shape index (κ2) is 6.61. The highest BCUT2D eigenvalue weighted by atomic mass is 16.5. The standard InChI is InChI=1S/C19H21N3O2/c23-19-14(10-13-6-4-5-8-16(13)21-19)11-20-12-17-15-7-2-1-3-9-18(15)24-22-17/h4-6,8,10,20H,1-3,7,9,11-12H2,(H,21,23). The van der Waals surface area contributed by atoms with Crippen molar-refractivity contribution in [1.29, 1.82) is 0 Å². The van der Waals surface area contributed by atoms with Crippen molar-refractivity contribution in [2.75, 3.05) is 0 Å². The van der Waals surface area contributed by atoms with E-state index in [2.05, 4.69) is 15.5 Å². The van der Waals surface area contributed by atoms with E-state index in [9.17, 15) is 4.79 Å². The van der Waals surface area contributed by atoms with E-state index in [1.165, 1.54) is 24.8 Å². The molecule has 2 heterocycles. The Morgan fingerprint density at radius 2 is 2.00 bits per heavy atom. The van der Waals surface area contributed by atoms with E-state index < -0.39 is 0 Å². The van der Waals surface area contributed by atoms with Crippen LogP contribution in [-0.2, 0) is 25.9 Å². The summed E-state index contributed by atoms with van der Waals surface area (Å²) >= 11 is 0. The van der Waals surface area contributed by atoms with Crippen LogP contribution in [-0.4, -0.2) is 10.1 Å². The Hall–Kier alpha value is -2.40. The topological polar surface area (TPSA) is 70.9 Å². The monoisotopic (exact) mass is 323 g/mol. The summed E-state index contributed by atoms with van der Waals surface area (Å²) in [5.41, 5.74) is 3.83. The SMILES string of the molecule is O=c1[nH]c2ccccc2cc1CNCc1noc2c1CCCCC2. The van der Waals surface area contributed by atoms with E-state index in [4.69, 9.17) is 4.52 Å². The van der Waals surface area contributed by atoms with Crippen LogP contribution in [0.5, 0.6) is 0 Å². The average Bonchev–Trinajstić information content (AvgIpc) is 2.82. The number of hydrogen-bond donors (Lipinski definition) is 2. The van der Waals surface area contributed by atoms with Gasteiger partial charge < -0.3 is 14.8 Å². The van der Waals surface area contributed by atoms with Crippen LogP contribution in [0.15, 0.2) is 39.6 Å². The summed E-state index contributed by atoms with van der Waals surface area (Å²) in [6.45, 7) is 1.15. The van der Waals surface area contributed by atoms with Gasteiger partial charge in [-0.2, -0.15) is 0 Å². The number of nitrogens with zero attached hydrogens (tertiary/aromatic N) is 1. The van der Waals surface area contributed by atoms with Crippen LogP contribution >= 0.6 is 0 Å². The molecule has 5 heteroatoms. The van der Waals surface area contributed by atoms with Gasteiger partial charge in [-0.15, -0.1) is 0 Å². The van der Waals surface area contributed by atoms with Gasteiger partial charge in [0.25, 0.3) is 5.56 Å². The number of aromatic nitrogens is 2. The molecule has 1 aliphatic carbocycles. The van der Waals surface area contributed by atoms with Crippen molar-refractivity contribution in [3.8, 4) is 0 Å². The fourth-order valence-electron chi connectivity index (χ4n) is 3.40. The Balaban J connectivity index is 1.47. The number of para-hydroxylation sites is 1. The van der Waals surface area contributed by atoms with Crippen molar-refractivity contribution < 1.29 is 4.52 Å². The molecule has 24 heavy (non-hydrogen) atoms. The molecule has 0 saturated carbocycles. The second-order valence-electron chi connectivity index (χ2n) is 6.41. The molecule has 5 nitrogen and oxygen atoms in total. The Morgan fingerprint density at radius 1 is 1.12 bits per heavy atom. The molecule has 4 rings (SSSR count). The average molecular weight is 323 g/mol. The summed E-state index contributed by atoms with van der Waals surface area (Å²) < 4.78 is 5.49. The molecule has 124 valence electrons. The Morgan fingerprint density at radius 3 is 2.96 bits per heavy atom. The summed E-state index contributed by atoms with van der Waals surface area (Å²) in [4.78, 5) is 15.1. The maximum absolute atomic E-state index is 12.2. The van der Waals surface area contributed by atoms with Gasteiger partial charge in [0.05, 0.1) is 0 Å². The molecule has 0 bridgehead atoms. The number of hydrogen-bond acceptors (Lipinski definition) is 4. The van der Waals surface area contributed by atoms with E-state index in [1.807, 2.05) is 30.3 Å². The molecule has 0 aliphatic heterocycles. The summed E-state index contributed by atoms with van der Waals surface area (Å²) in [5.74, 6) is 1.05. The van der Waals surface area contributed by atoms with E-state index in [0.717, 1.165) is 40.8 Å². The number of aromatic amines is 1. The third-order valence-corrected chi connectivity index (χ3v) is 4.72. The first-order chi connectivity index (χ1) is 11.8. The van der Waals surface area contributed by atoms with Crippen LogP contribution in [0.25, 0.3) is 10.9 Å². The van der Waals surface area contributed by atoms with Gasteiger partial charge in [0.1, 0.15) is 11.5 Å². The Labute approximate surface area is 140 Å². The molecular formula is C19H21N3O2. The quantitative estimate of drug-likeness (QED) is 0.724. The molecule has 1 aromatic carbocycles. The minimum atomic E-state index is -0.0415. The number of fused-ring (bicyclic) bond motifs is 2. The van der Waals surface area contributed by atoms with E-state index in [0.29, 0.717) is 13.1 Å². The van der Waals surface area contributed by atoms with Gasteiger partial charge in [-0.25, -0.2) is 0 Å². The molecule has 2 aromatic heterocycles. The van der Waals surface area contributed by atoms with Crippen molar-refractivity contribution in [3.63, 3.8) is 0 Å². The lowest BCUT2D eigenvalue weighted by atomic mass is 10.1. The number of rotatable bonds is 4. The minimum Gasteiger partial charge on any atom is -0.361 e. The van der Waals surface area contributed by atoms with Gasteiger partial charge >= 0.3 is 0 Å². The molecule has 0 spiro atoms. The highest BCUT2D eigenvalue weighted by molar-refractivity contribution is 5.78. The predicted octanol–water partition coefficient (Wildman–Crippen LogP) is 3.07. The maximum atomic E-state index is 12.2. The van der Waals surface area contributed by atoms with Gasteiger partial charge in [-0.05, 0) is 36.8 Å². The highest BCUT2D eigenvalue weighted by Crippen LogP contribution is 2.23. The van der Waals surface area contributed by atoms with Crippen molar-refractivity contribution in [1.82, 2.24) is 15.5 Å². The molecule has 0 unspecified atom stereocenters. The molecule has 2 N–H and O–H groups in total. The van der Waals surface area contributed by atoms with Crippen LogP contribution in [0.1, 0.15) is 41.8 Å². The van der Waals surface area contributed by atoms with Gasteiger partial charge in [0, 0.05) is 36.2 Å². The van der Waals surface area contributed by atoms with Crippen molar-refractivity contribution in [2.24, 2.45) is 0 Å². The molecule has 1 aliphatic rings. The van der Waals surface area contributed by atoms with Gasteiger partial charge in [0.2, 0.25) is 0 Å². The molecule has 0 amide bonds. The molecule has 0 fully saturated rings. The summed E-state index contributed by atoms with van der Waals surface area (Å²) in [7, 11) is 0. The smallest absolute Gasteiger partial charge is 0.252 e. The van der Waals surface area contributed by atoms with Crippen LogP contribution in [0.2, 0.25) is 0 Å². The number of nitrogens with one attached hydrogen (secondary N) is 2. The molecule has 0 atom stereocenters. The van der Waals surface area contributed by atoms with Gasteiger partial charge in [-0.3, -0.25) is 4.79 Å². The third-order valence-electron chi connectivity index (χ3n) is 4.72. The lowest BCUT2D eigenvalue weighted by Gasteiger charge is -2.05. The first-order valence-electron chi connectivity index (χ1n) is 8.59. The largest absolute Gasteiger partial charge is 0.361 e. The maximum Gasteiger partial charge on any atom is 0.252 e. The van der Waals surface area contributed by atoms with Crippen molar-refractivity contribution >= 4 is 10.9 Å². The minimum absolute atomic E-state index is 0.0415. The van der Waals surface area contributed by atoms with Crippen LogP contribution in [0.4, 0.5) is 0 Å². The first kappa shape index (κ1) is 15.1. The fraction of sp³-hybridized carbons (Fsp3) is 0.368. The van der Waals surface area contributed by atoms with Crippen molar-refractivity contribution in [3.05, 3.63) is 63.3 Å². The molecule has 0 saturated heterocycles. The number of aryl methyl sites for hydroxylation is 1. The summed E-state index contributed by atoms with van der Waals surface area (Å²) in [6.07, 6.45) is 5.68. The van der Waals surface area contributed by atoms with Crippen molar-refractivity contribution in [2.45, 2.75) is 45.2 Å². The molecule has 3 aromatic rings. The number of pyridine rings is 1. The van der Waals surface area contributed by atoms with E-state index in [-0.39, 0.29) is 5.56 Å². The lowest BCUT2D eigenvalue weighted by molar-refractivity contribution is 0.372. The van der Waals surface area contributed by atoms with E-state index in [1.54, 1.807) is 0 Å². The Bertz CT molecular complexity index is 910. The third kappa shape index (κ3) is 2.99. The first-order valence-corrected chi connectivity index (χ1v) is 8.59. The predicted molar refractivity (Wildman–Crippen MR) is 92.9 cm³/mol. The zero-order valence-corrected chi connectivity index (χ0v) is 13.6. The van der Waals surface area contributed by atoms with Gasteiger partial charge in [0.15, 0.2) is 0 Å². The molecular weight excluding hydrogens is 302 g/mol. The number of H-pyrrole nitrogens is 1. The van der Waals surface area contributed by atoms with E-state index >= 15 is 0 Å². The highest BCUT2D eigenvalue weighted by Gasteiger charge is 2.17. The van der Waals surface area contributed by atoms with Crippen LogP contribution in [0.3, 0.4) is 0 Å². The summed E-state index contributed by atoms with van der Waals surface area (Å²) in [5, 5.41) is 8.60. The zero-order chi connectivity index (χ0) is 16.4.